The van der Waals surface area contributed by atoms with Crippen molar-refractivity contribution in [2.45, 2.75) is 38.6 Å². The average molecular weight is 185 g/mol. The molecule has 0 aromatic carbocycles. The maximum absolute atomic E-state index is 11.1. The SMILES string of the molecule is CC1CCCCCN1CC(=O)NN. The summed E-state index contributed by atoms with van der Waals surface area (Å²) in [6.07, 6.45) is 4.95. The number of nitrogens with one attached hydrogen (secondary N) is 1. The molecular weight excluding hydrogens is 166 g/mol. The number of amides is 1. The van der Waals surface area contributed by atoms with Crippen molar-refractivity contribution in [3.05, 3.63) is 0 Å². The van der Waals surface area contributed by atoms with E-state index in [0.29, 0.717) is 12.6 Å². The van der Waals surface area contributed by atoms with Gasteiger partial charge in [-0.3, -0.25) is 15.1 Å². The Kier molecular flexibility index (Phi) is 4.18. The summed E-state index contributed by atoms with van der Waals surface area (Å²) >= 11 is 0. The number of nitrogens with zero attached hydrogens (tertiary/aromatic N) is 1. The van der Waals surface area contributed by atoms with Gasteiger partial charge in [0.05, 0.1) is 6.54 Å². The van der Waals surface area contributed by atoms with Crippen LogP contribution in [0.4, 0.5) is 0 Å². The summed E-state index contributed by atoms with van der Waals surface area (Å²) in [5.41, 5.74) is 2.17. The van der Waals surface area contributed by atoms with Crippen LogP contribution in [0.25, 0.3) is 0 Å². The first-order valence-electron chi connectivity index (χ1n) is 4.97. The standard InChI is InChI=1S/C9H19N3O/c1-8-5-3-2-4-6-12(8)7-9(13)11-10/h8H,2-7,10H2,1H3,(H,11,13). The van der Waals surface area contributed by atoms with E-state index in [1.165, 1.54) is 25.7 Å². The predicted molar refractivity (Wildman–Crippen MR) is 51.8 cm³/mol. The third-order valence-corrected chi connectivity index (χ3v) is 2.70. The van der Waals surface area contributed by atoms with E-state index < -0.39 is 0 Å². The highest BCUT2D eigenvalue weighted by Crippen LogP contribution is 2.15. The zero-order chi connectivity index (χ0) is 9.68. The molecule has 1 aliphatic heterocycles. The molecule has 0 radical (unpaired) electrons. The molecule has 4 heteroatoms. The fourth-order valence-corrected chi connectivity index (χ4v) is 1.80. The van der Waals surface area contributed by atoms with Gasteiger partial charge >= 0.3 is 0 Å². The molecule has 13 heavy (non-hydrogen) atoms. The molecule has 1 amide bonds. The number of nitrogens with two attached hydrogens (primary N) is 1. The molecule has 0 bridgehead atoms. The minimum Gasteiger partial charge on any atom is -0.293 e. The van der Waals surface area contributed by atoms with E-state index in [-0.39, 0.29) is 5.91 Å². The normalized spacial score (nSPS) is 25.2. The average Bonchev–Trinajstić information content (AvgIpc) is 2.32. The molecule has 0 aromatic heterocycles. The third kappa shape index (κ3) is 3.32. The predicted octanol–water partition coefficient (Wildman–Crippen LogP) is 0.241. The summed E-state index contributed by atoms with van der Waals surface area (Å²) in [4.78, 5) is 13.3. The van der Waals surface area contributed by atoms with Gasteiger partial charge in [0, 0.05) is 6.04 Å². The molecule has 4 nitrogen and oxygen atoms in total. The number of carbonyl (C=O) groups is 1. The van der Waals surface area contributed by atoms with E-state index in [1.54, 1.807) is 0 Å². The van der Waals surface area contributed by atoms with Crippen molar-refractivity contribution < 1.29 is 4.79 Å². The molecule has 0 aliphatic carbocycles. The molecule has 1 saturated heterocycles. The van der Waals surface area contributed by atoms with Crippen LogP contribution in [0, 0.1) is 0 Å². The number of likely N-dealkylation sites (tertiary alicyclic amines) is 1. The Morgan fingerprint density at radius 2 is 2.31 bits per heavy atom. The summed E-state index contributed by atoms with van der Waals surface area (Å²) in [6, 6.07) is 0.514. The molecule has 1 unspecified atom stereocenters. The first-order chi connectivity index (χ1) is 6.24. The fraction of sp³-hybridized carbons (Fsp3) is 0.889. The van der Waals surface area contributed by atoms with Crippen molar-refractivity contribution in [2.24, 2.45) is 5.84 Å². The Morgan fingerprint density at radius 3 is 3.00 bits per heavy atom. The quantitative estimate of drug-likeness (QED) is 0.368. The highest BCUT2D eigenvalue weighted by atomic mass is 16.2. The molecule has 1 atom stereocenters. The summed E-state index contributed by atoms with van der Waals surface area (Å²) in [6.45, 7) is 3.64. The smallest absolute Gasteiger partial charge is 0.248 e. The maximum Gasteiger partial charge on any atom is 0.248 e. The lowest BCUT2D eigenvalue weighted by Crippen LogP contribution is -2.43. The van der Waals surface area contributed by atoms with Crippen LogP contribution >= 0.6 is 0 Å². The number of hydrogen-bond donors (Lipinski definition) is 2. The largest absolute Gasteiger partial charge is 0.293 e. The molecule has 1 heterocycles. The van der Waals surface area contributed by atoms with E-state index in [0.717, 1.165) is 6.54 Å². The third-order valence-electron chi connectivity index (χ3n) is 2.70. The number of rotatable bonds is 2. The number of hydrazine groups is 1. The van der Waals surface area contributed by atoms with Crippen molar-refractivity contribution in [2.75, 3.05) is 13.1 Å². The minimum atomic E-state index is -0.0891. The van der Waals surface area contributed by atoms with Gasteiger partial charge in [0.2, 0.25) is 5.91 Å². The van der Waals surface area contributed by atoms with Gasteiger partial charge < -0.3 is 0 Å². The van der Waals surface area contributed by atoms with Crippen LogP contribution in [0.2, 0.25) is 0 Å². The first kappa shape index (κ1) is 10.5. The Hall–Kier alpha value is -0.610. The molecule has 76 valence electrons. The van der Waals surface area contributed by atoms with Gasteiger partial charge in [0.25, 0.3) is 0 Å². The van der Waals surface area contributed by atoms with Crippen LogP contribution in [0.1, 0.15) is 32.6 Å². The minimum absolute atomic E-state index is 0.0891. The Labute approximate surface area is 79.4 Å². The molecule has 0 spiro atoms. The Balaban J connectivity index is 2.40. The lowest BCUT2D eigenvalue weighted by Gasteiger charge is -2.25. The van der Waals surface area contributed by atoms with Crippen LogP contribution in [0.3, 0.4) is 0 Å². The molecule has 1 fully saturated rings. The number of hydrogen-bond acceptors (Lipinski definition) is 3. The topological polar surface area (TPSA) is 58.4 Å². The second-order valence-corrected chi connectivity index (χ2v) is 3.74. The molecule has 3 N–H and O–H groups in total. The van der Waals surface area contributed by atoms with Gasteiger partial charge in [-0.15, -0.1) is 0 Å². The first-order valence-corrected chi connectivity index (χ1v) is 4.97. The van der Waals surface area contributed by atoms with Gasteiger partial charge in [0.15, 0.2) is 0 Å². The molecule has 0 aromatic rings. The van der Waals surface area contributed by atoms with Gasteiger partial charge in [-0.05, 0) is 26.3 Å². The van der Waals surface area contributed by atoms with Crippen LogP contribution < -0.4 is 11.3 Å². The van der Waals surface area contributed by atoms with E-state index in [2.05, 4.69) is 17.2 Å². The second-order valence-electron chi connectivity index (χ2n) is 3.74. The van der Waals surface area contributed by atoms with Crippen LogP contribution in [-0.2, 0) is 4.79 Å². The van der Waals surface area contributed by atoms with Crippen LogP contribution in [0.5, 0.6) is 0 Å². The highest BCUT2D eigenvalue weighted by molar-refractivity contribution is 5.77. The van der Waals surface area contributed by atoms with Gasteiger partial charge in [0.1, 0.15) is 0 Å². The summed E-state index contributed by atoms with van der Waals surface area (Å²) in [5, 5.41) is 0. The summed E-state index contributed by atoms with van der Waals surface area (Å²) in [7, 11) is 0. The van der Waals surface area contributed by atoms with Crippen molar-refractivity contribution in [1.82, 2.24) is 10.3 Å². The Bertz CT molecular complexity index is 172. The monoisotopic (exact) mass is 185 g/mol. The Morgan fingerprint density at radius 1 is 1.54 bits per heavy atom. The molecular formula is C9H19N3O. The van der Waals surface area contributed by atoms with Crippen LogP contribution in [-0.4, -0.2) is 29.9 Å². The number of carbonyl (C=O) groups excluding carboxylic acids is 1. The van der Waals surface area contributed by atoms with E-state index in [9.17, 15) is 4.79 Å². The summed E-state index contributed by atoms with van der Waals surface area (Å²) in [5.74, 6) is 4.96. The lowest BCUT2D eigenvalue weighted by atomic mass is 10.1. The lowest BCUT2D eigenvalue weighted by molar-refractivity contribution is -0.122. The van der Waals surface area contributed by atoms with E-state index in [4.69, 9.17) is 5.84 Å². The zero-order valence-electron chi connectivity index (χ0n) is 8.25. The van der Waals surface area contributed by atoms with Crippen molar-refractivity contribution in [1.29, 1.82) is 0 Å². The molecule has 1 rings (SSSR count). The van der Waals surface area contributed by atoms with Gasteiger partial charge in [-0.1, -0.05) is 12.8 Å². The molecule has 0 saturated carbocycles. The van der Waals surface area contributed by atoms with Crippen molar-refractivity contribution in [3.63, 3.8) is 0 Å². The van der Waals surface area contributed by atoms with Crippen molar-refractivity contribution in [3.8, 4) is 0 Å². The second kappa shape index (κ2) is 5.19. The van der Waals surface area contributed by atoms with Crippen molar-refractivity contribution >= 4 is 5.91 Å². The molecule has 1 aliphatic rings. The fourth-order valence-electron chi connectivity index (χ4n) is 1.80. The highest BCUT2D eigenvalue weighted by Gasteiger charge is 2.18. The van der Waals surface area contributed by atoms with E-state index in [1.807, 2.05) is 0 Å². The maximum atomic E-state index is 11.1. The zero-order valence-corrected chi connectivity index (χ0v) is 8.25. The van der Waals surface area contributed by atoms with Gasteiger partial charge in [-0.25, -0.2) is 5.84 Å². The van der Waals surface area contributed by atoms with Gasteiger partial charge in [-0.2, -0.15) is 0 Å². The summed E-state index contributed by atoms with van der Waals surface area (Å²) < 4.78 is 0. The van der Waals surface area contributed by atoms with Crippen LogP contribution in [0.15, 0.2) is 0 Å². The van der Waals surface area contributed by atoms with E-state index >= 15 is 0 Å².